The van der Waals surface area contributed by atoms with Gasteiger partial charge in [0, 0.05) is 5.02 Å². The maximum Gasteiger partial charge on any atom is 0.145 e. The summed E-state index contributed by atoms with van der Waals surface area (Å²) in [6.07, 6.45) is 0. The van der Waals surface area contributed by atoms with Gasteiger partial charge in [-0.05, 0) is 23.8 Å². The fraction of sp³-hybridized carbons (Fsp3) is 0.0714. The van der Waals surface area contributed by atoms with Crippen molar-refractivity contribution in [2.45, 2.75) is 0 Å². The molecule has 0 radical (unpaired) electrons. The largest absolute Gasteiger partial charge is 0.485 e. The maximum absolute atomic E-state index is 5.95. The molecule has 1 aliphatic heterocycles. The highest BCUT2D eigenvalue weighted by Crippen LogP contribution is 2.33. The van der Waals surface area contributed by atoms with Crippen LogP contribution >= 0.6 is 11.6 Å². The van der Waals surface area contributed by atoms with Crippen molar-refractivity contribution in [2.24, 2.45) is 4.99 Å². The molecule has 0 saturated carbocycles. The standard InChI is InChI=1S/C14H10ClNO/c15-11-6-7-14-12(8-11)16-13(9-17-14)10-4-2-1-3-5-10/h1-8H,9H2. The lowest BCUT2D eigenvalue weighted by molar-refractivity contribution is 0.373. The highest BCUT2D eigenvalue weighted by Gasteiger charge is 2.14. The molecule has 2 nitrogen and oxygen atoms in total. The molecule has 2 aromatic carbocycles. The maximum atomic E-state index is 5.95. The minimum Gasteiger partial charge on any atom is -0.485 e. The van der Waals surface area contributed by atoms with Crippen molar-refractivity contribution in [3.63, 3.8) is 0 Å². The second-order valence-electron chi connectivity index (χ2n) is 3.83. The number of ether oxygens (including phenoxy) is 1. The molecular weight excluding hydrogens is 234 g/mol. The molecule has 0 saturated heterocycles. The van der Waals surface area contributed by atoms with Crippen LogP contribution in [0.15, 0.2) is 53.5 Å². The first kappa shape index (κ1) is 10.4. The molecule has 0 amide bonds. The van der Waals surface area contributed by atoms with E-state index in [0.29, 0.717) is 11.6 Å². The molecular formula is C14H10ClNO. The quantitative estimate of drug-likeness (QED) is 0.746. The third-order valence-corrected chi connectivity index (χ3v) is 2.88. The molecule has 0 unspecified atom stereocenters. The number of rotatable bonds is 1. The van der Waals surface area contributed by atoms with E-state index >= 15 is 0 Å². The van der Waals surface area contributed by atoms with Gasteiger partial charge in [0.1, 0.15) is 18.0 Å². The first-order chi connectivity index (χ1) is 8.33. The van der Waals surface area contributed by atoms with E-state index in [-0.39, 0.29) is 0 Å². The zero-order valence-electron chi connectivity index (χ0n) is 9.06. The van der Waals surface area contributed by atoms with Crippen LogP contribution in [0.5, 0.6) is 5.75 Å². The van der Waals surface area contributed by atoms with Crippen molar-refractivity contribution < 1.29 is 4.74 Å². The van der Waals surface area contributed by atoms with Crippen molar-refractivity contribution in [3.05, 3.63) is 59.1 Å². The number of hydrogen-bond acceptors (Lipinski definition) is 2. The van der Waals surface area contributed by atoms with E-state index in [1.807, 2.05) is 48.5 Å². The molecule has 0 bridgehead atoms. The van der Waals surface area contributed by atoms with E-state index < -0.39 is 0 Å². The van der Waals surface area contributed by atoms with Crippen LogP contribution in [-0.2, 0) is 0 Å². The van der Waals surface area contributed by atoms with Gasteiger partial charge in [0.15, 0.2) is 0 Å². The number of fused-ring (bicyclic) bond motifs is 1. The highest BCUT2D eigenvalue weighted by molar-refractivity contribution is 6.31. The first-order valence-electron chi connectivity index (χ1n) is 5.38. The number of benzene rings is 2. The number of halogens is 1. The summed E-state index contributed by atoms with van der Waals surface area (Å²) in [5, 5.41) is 0.672. The molecule has 0 aliphatic carbocycles. The summed E-state index contributed by atoms with van der Waals surface area (Å²) >= 11 is 5.95. The fourth-order valence-electron chi connectivity index (χ4n) is 1.80. The topological polar surface area (TPSA) is 21.6 Å². The summed E-state index contributed by atoms with van der Waals surface area (Å²) in [7, 11) is 0. The van der Waals surface area contributed by atoms with Crippen LogP contribution in [0.1, 0.15) is 5.56 Å². The summed E-state index contributed by atoms with van der Waals surface area (Å²) in [4.78, 5) is 4.58. The molecule has 0 N–H and O–H groups in total. The SMILES string of the molecule is Clc1ccc2c(c1)N=C(c1ccccc1)CO2. The minimum atomic E-state index is 0.499. The number of nitrogens with zero attached hydrogens (tertiary/aromatic N) is 1. The Morgan fingerprint density at radius 1 is 1.06 bits per heavy atom. The van der Waals surface area contributed by atoms with Gasteiger partial charge < -0.3 is 4.74 Å². The molecule has 0 atom stereocenters. The summed E-state index contributed by atoms with van der Waals surface area (Å²) < 4.78 is 5.66. The lowest BCUT2D eigenvalue weighted by Crippen LogP contribution is -2.16. The second-order valence-corrected chi connectivity index (χ2v) is 4.26. The molecule has 0 fully saturated rings. The molecule has 0 aromatic heterocycles. The van der Waals surface area contributed by atoms with E-state index in [1.165, 1.54) is 0 Å². The van der Waals surface area contributed by atoms with Crippen molar-refractivity contribution in [3.8, 4) is 5.75 Å². The van der Waals surface area contributed by atoms with Crippen molar-refractivity contribution >= 4 is 23.0 Å². The molecule has 1 aliphatic rings. The van der Waals surface area contributed by atoms with Gasteiger partial charge in [-0.15, -0.1) is 0 Å². The van der Waals surface area contributed by atoms with Gasteiger partial charge in [0.2, 0.25) is 0 Å². The zero-order valence-corrected chi connectivity index (χ0v) is 9.82. The van der Waals surface area contributed by atoms with Gasteiger partial charge >= 0.3 is 0 Å². The van der Waals surface area contributed by atoms with Crippen molar-refractivity contribution in [1.29, 1.82) is 0 Å². The lowest BCUT2D eigenvalue weighted by Gasteiger charge is -2.17. The number of hydrogen-bond donors (Lipinski definition) is 0. The lowest BCUT2D eigenvalue weighted by atomic mass is 10.1. The van der Waals surface area contributed by atoms with E-state index in [1.54, 1.807) is 0 Å². The Labute approximate surface area is 105 Å². The van der Waals surface area contributed by atoms with Crippen molar-refractivity contribution in [2.75, 3.05) is 6.61 Å². The van der Waals surface area contributed by atoms with Crippen LogP contribution in [0, 0.1) is 0 Å². The fourth-order valence-corrected chi connectivity index (χ4v) is 1.97. The van der Waals surface area contributed by atoms with Gasteiger partial charge in [-0.3, -0.25) is 0 Å². The van der Waals surface area contributed by atoms with Crippen LogP contribution in [0.4, 0.5) is 5.69 Å². The Morgan fingerprint density at radius 2 is 1.88 bits per heavy atom. The van der Waals surface area contributed by atoms with Crippen LogP contribution in [0.25, 0.3) is 0 Å². The molecule has 3 rings (SSSR count). The van der Waals surface area contributed by atoms with E-state index in [2.05, 4.69) is 4.99 Å². The first-order valence-corrected chi connectivity index (χ1v) is 5.76. The molecule has 17 heavy (non-hydrogen) atoms. The third-order valence-electron chi connectivity index (χ3n) is 2.65. The summed E-state index contributed by atoms with van der Waals surface area (Å²) in [6, 6.07) is 15.5. The average molecular weight is 244 g/mol. The van der Waals surface area contributed by atoms with Crippen LogP contribution in [0.2, 0.25) is 5.02 Å². The Morgan fingerprint density at radius 3 is 2.71 bits per heavy atom. The molecule has 84 valence electrons. The summed E-state index contributed by atoms with van der Waals surface area (Å²) in [5.41, 5.74) is 2.81. The Bertz CT molecular complexity index is 578. The van der Waals surface area contributed by atoms with Gasteiger partial charge in [0.25, 0.3) is 0 Å². The number of aliphatic imine (C=N–C) groups is 1. The third kappa shape index (κ3) is 2.04. The van der Waals surface area contributed by atoms with Gasteiger partial charge in [0.05, 0.1) is 5.71 Å². The average Bonchev–Trinajstić information content (AvgIpc) is 2.39. The van der Waals surface area contributed by atoms with Gasteiger partial charge in [-0.25, -0.2) is 4.99 Å². The van der Waals surface area contributed by atoms with E-state index in [0.717, 1.165) is 22.7 Å². The Balaban J connectivity index is 2.05. The van der Waals surface area contributed by atoms with Crippen molar-refractivity contribution in [1.82, 2.24) is 0 Å². The van der Waals surface area contributed by atoms with E-state index in [9.17, 15) is 0 Å². The summed E-state index contributed by atoms with van der Waals surface area (Å²) in [5.74, 6) is 0.786. The van der Waals surface area contributed by atoms with E-state index in [4.69, 9.17) is 16.3 Å². The predicted octanol–water partition coefficient (Wildman–Crippen LogP) is 3.85. The predicted molar refractivity (Wildman–Crippen MR) is 69.6 cm³/mol. The Kier molecular flexibility index (Phi) is 2.57. The molecule has 0 spiro atoms. The minimum absolute atomic E-state index is 0.499. The summed E-state index contributed by atoms with van der Waals surface area (Å²) in [6.45, 7) is 0.499. The monoisotopic (exact) mass is 243 g/mol. The highest BCUT2D eigenvalue weighted by atomic mass is 35.5. The molecule has 3 heteroatoms. The van der Waals surface area contributed by atoms with Crippen LogP contribution < -0.4 is 4.74 Å². The van der Waals surface area contributed by atoms with Crippen LogP contribution in [0.3, 0.4) is 0 Å². The zero-order chi connectivity index (χ0) is 11.7. The molecule has 1 heterocycles. The molecule has 2 aromatic rings. The van der Waals surface area contributed by atoms with Gasteiger partial charge in [-0.1, -0.05) is 41.9 Å². The Hall–Kier alpha value is -1.80. The van der Waals surface area contributed by atoms with Gasteiger partial charge in [-0.2, -0.15) is 0 Å². The smallest absolute Gasteiger partial charge is 0.145 e. The van der Waals surface area contributed by atoms with Crippen LogP contribution in [-0.4, -0.2) is 12.3 Å². The normalized spacial score (nSPS) is 13.6. The second kappa shape index (κ2) is 4.22.